The lowest BCUT2D eigenvalue weighted by molar-refractivity contribution is 0.102. The number of rotatable bonds is 3. The molecule has 2 N–H and O–H groups in total. The summed E-state index contributed by atoms with van der Waals surface area (Å²) >= 11 is 5.90. The van der Waals surface area contributed by atoms with Crippen molar-refractivity contribution in [2.24, 2.45) is 0 Å². The van der Waals surface area contributed by atoms with Gasteiger partial charge in [-0.2, -0.15) is 0 Å². The summed E-state index contributed by atoms with van der Waals surface area (Å²) in [5.74, 6) is 0.426. The Hall–Kier alpha value is -2.08. The summed E-state index contributed by atoms with van der Waals surface area (Å²) in [4.78, 5) is 17.3. The molecule has 1 aliphatic heterocycles. The van der Waals surface area contributed by atoms with E-state index < -0.39 is 0 Å². The van der Waals surface area contributed by atoms with E-state index >= 15 is 0 Å². The summed E-state index contributed by atoms with van der Waals surface area (Å²) in [7, 11) is 0. The van der Waals surface area contributed by atoms with Gasteiger partial charge >= 0.3 is 0 Å². The van der Waals surface area contributed by atoms with Crippen LogP contribution in [0.2, 0.25) is 5.02 Å². The summed E-state index contributed by atoms with van der Waals surface area (Å²) in [5.41, 5.74) is 2.52. The topological polar surface area (TPSA) is 59.0 Å². The number of halogens is 2. The molecule has 3 aromatic rings. The van der Waals surface area contributed by atoms with Gasteiger partial charge in [-0.15, -0.1) is 12.4 Å². The molecule has 5 nitrogen and oxygen atoms in total. The molecule has 26 heavy (non-hydrogen) atoms. The zero-order valence-electron chi connectivity index (χ0n) is 14.1. The number of carbonyl (C=O) groups excluding carboxylic acids is 1. The Bertz CT molecular complexity index is 902. The van der Waals surface area contributed by atoms with Crippen molar-refractivity contribution in [2.45, 2.75) is 18.9 Å². The number of anilines is 1. The molecule has 0 radical (unpaired) electrons. The maximum absolute atomic E-state index is 12.6. The number of hydrogen-bond donors (Lipinski definition) is 2. The van der Waals surface area contributed by atoms with Crippen LogP contribution < -0.4 is 10.6 Å². The van der Waals surface area contributed by atoms with E-state index in [2.05, 4.69) is 26.3 Å². The van der Waals surface area contributed by atoms with Crippen molar-refractivity contribution in [1.29, 1.82) is 0 Å². The third-order valence-corrected chi connectivity index (χ3v) is 4.85. The quantitative estimate of drug-likeness (QED) is 0.701. The van der Waals surface area contributed by atoms with Crippen molar-refractivity contribution in [3.63, 3.8) is 0 Å². The molecule has 1 fully saturated rings. The average Bonchev–Trinajstić information content (AvgIpc) is 3.00. The van der Waals surface area contributed by atoms with Crippen molar-refractivity contribution in [3.8, 4) is 0 Å². The van der Waals surface area contributed by atoms with Crippen molar-refractivity contribution in [2.75, 3.05) is 18.4 Å². The van der Waals surface area contributed by atoms with Gasteiger partial charge in [0.15, 0.2) is 0 Å². The Kier molecular flexibility index (Phi) is 5.81. The molecule has 1 saturated heterocycles. The first-order valence-corrected chi connectivity index (χ1v) is 8.85. The SMILES string of the molecule is Cl.O=C(Nc1nc2ccccc2n1C1CCNCC1)c1ccc(Cl)cc1. The van der Waals surface area contributed by atoms with Crippen LogP contribution in [-0.4, -0.2) is 28.5 Å². The zero-order valence-corrected chi connectivity index (χ0v) is 15.7. The number of benzene rings is 2. The number of carbonyl (C=O) groups is 1. The summed E-state index contributed by atoms with van der Waals surface area (Å²) in [6.45, 7) is 1.95. The predicted octanol–water partition coefficient (Wildman–Crippen LogP) is 4.29. The average molecular weight is 391 g/mol. The second kappa shape index (κ2) is 8.08. The second-order valence-electron chi connectivity index (χ2n) is 6.24. The smallest absolute Gasteiger partial charge is 0.257 e. The van der Waals surface area contributed by atoms with Crippen LogP contribution in [0, 0.1) is 0 Å². The minimum Gasteiger partial charge on any atom is -0.317 e. The number of fused-ring (bicyclic) bond motifs is 1. The number of amides is 1. The monoisotopic (exact) mass is 390 g/mol. The normalized spacial score (nSPS) is 14.8. The van der Waals surface area contributed by atoms with Gasteiger partial charge in [0, 0.05) is 16.6 Å². The summed E-state index contributed by atoms with van der Waals surface area (Å²) in [6.07, 6.45) is 2.04. The van der Waals surface area contributed by atoms with E-state index in [0.717, 1.165) is 37.0 Å². The molecule has 1 amide bonds. The van der Waals surface area contributed by atoms with Crippen LogP contribution in [0.1, 0.15) is 29.2 Å². The van der Waals surface area contributed by atoms with Crippen molar-refractivity contribution < 1.29 is 4.79 Å². The lowest BCUT2D eigenvalue weighted by Crippen LogP contribution is -2.30. The van der Waals surface area contributed by atoms with Gasteiger partial charge in [0.25, 0.3) is 5.91 Å². The van der Waals surface area contributed by atoms with Gasteiger partial charge in [0.05, 0.1) is 11.0 Å². The molecule has 1 aromatic heterocycles. The fraction of sp³-hybridized carbons (Fsp3) is 0.263. The number of para-hydroxylation sites is 2. The Morgan fingerprint density at radius 3 is 2.54 bits per heavy atom. The number of hydrogen-bond acceptors (Lipinski definition) is 3. The molecule has 0 bridgehead atoms. The fourth-order valence-corrected chi connectivity index (χ4v) is 3.47. The zero-order chi connectivity index (χ0) is 17.2. The lowest BCUT2D eigenvalue weighted by atomic mass is 10.1. The van der Waals surface area contributed by atoms with Crippen LogP contribution in [0.25, 0.3) is 11.0 Å². The molecule has 1 aliphatic rings. The van der Waals surface area contributed by atoms with E-state index in [4.69, 9.17) is 11.6 Å². The van der Waals surface area contributed by atoms with Crippen LogP contribution in [0.15, 0.2) is 48.5 Å². The van der Waals surface area contributed by atoms with E-state index in [9.17, 15) is 4.79 Å². The van der Waals surface area contributed by atoms with Crippen LogP contribution in [-0.2, 0) is 0 Å². The van der Waals surface area contributed by atoms with E-state index in [1.165, 1.54) is 0 Å². The largest absolute Gasteiger partial charge is 0.317 e. The molecule has 0 spiro atoms. The third-order valence-electron chi connectivity index (χ3n) is 4.60. The molecule has 0 atom stereocenters. The van der Waals surface area contributed by atoms with Crippen LogP contribution >= 0.6 is 24.0 Å². The second-order valence-corrected chi connectivity index (χ2v) is 6.67. The highest BCUT2D eigenvalue weighted by Gasteiger charge is 2.22. The Morgan fingerprint density at radius 1 is 1.12 bits per heavy atom. The van der Waals surface area contributed by atoms with Crippen LogP contribution in [0.5, 0.6) is 0 Å². The number of imidazole rings is 1. The minimum absolute atomic E-state index is 0. The predicted molar refractivity (Wildman–Crippen MR) is 108 cm³/mol. The van der Waals surface area contributed by atoms with E-state index in [-0.39, 0.29) is 18.3 Å². The van der Waals surface area contributed by atoms with E-state index in [0.29, 0.717) is 22.6 Å². The molecular weight excluding hydrogens is 371 g/mol. The molecule has 7 heteroatoms. The summed E-state index contributed by atoms with van der Waals surface area (Å²) in [6, 6.07) is 15.2. The fourth-order valence-electron chi connectivity index (χ4n) is 3.34. The first kappa shape index (κ1) is 18.7. The molecule has 2 heterocycles. The molecule has 0 unspecified atom stereocenters. The van der Waals surface area contributed by atoms with Gasteiger partial charge in [0.2, 0.25) is 5.95 Å². The Balaban J connectivity index is 0.00000196. The molecule has 4 rings (SSSR count). The van der Waals surface area contributed by atoms with Gasteiger partial charge in [0.1, 0.15) is 0 Å². The molecule has 0 aliphatic carbocycles. The van der Waals surface area contributed by atoms with Crippen LogP contribution in [0.3, 0.4) is 0 Å². The summed E-state index contributed by atoms with van der Waals surface area (Å²) in [5, 5.41) is 6.97. The number of piperidine rings is 1. The van der Waals surface area contributed by atoms with Gasteiger partial charge < -0.3 is 9.88 Å². The standard InChI is InChI=1S/C19H19ClN4O.ClH/c20-14-7-5-13(6-8-14)18(25)23-19-22-16-3-1-2-4-17(16)24(19)15-9-11-21-12-10-15;/h1-8,15,21H,9-12H2,(H,22,23,25);1H. The van der Waals surface area contributed by atoms with E-state index in [1.807, 2.05) is 18.2 Å². The number of aromatic nitrogens is 2. The van der Waals surface area contributed by atoms with Gasteiger partial charge in [-0.3, -0.25) is 10.1 Å². The van der Waals surface area contributed by atoms with Gasteiger partial charge in [-0.1, -0.05) is 23.7 Å². The van der Waals surface area contributed by atoms with Crippen LogP contribution in [0.4, 0.5) is 5.95 Å². The van der Waals surface area contributed by atoms with Crippen molar-refractivity contribution in [1.82, 2.24) is 14.9 Å². The highest BCUT2D eigenvalue weighted by atomic mass is 35.5. The van der Waals surface area contributed by atoms with Gasteiger partial charge in [-0.05, 0) is 62.3 Å². The minimum atomic E-state index is -0.179. The first-order valence-electron chi connectivity index (χ1n) is 8.47. The van der Waals surface area contributed by atoms with Gasteiger partial charge in [-0.25, -0.2) is 4.98 Å². The highest BCUT2D eigenvalue weighted by Crippen LogP contribution is 2.29. The number of nitrogens with one attached hydrogen (secondary N) is 2. The molecule has 0 saturated carbocycles. The maximum atomic E-state index is 12.6. The first-order chi connectivity index (χ1) is 12.2. The molecule has 136 valence electrons. The summed E-state index contributed by atoms with van der Waals surface area (Å²) < 4.78 is 2.17. The van der Waals surface area contributed by atoms with Crippen molar-refractivity contribution >= 4 is 46.9 Å². The molecule has 2 aromatic carbocycles. The number of nitrogens with zero attached hydrogens (tertiary/aromatic N) is 2. The lowest BCUT2D eigenvalue weighted by Gasteiger charge is -2.26. The van der Waals surface area contributed by atoms with Crippen molar-refractivity contribution in [3.05, 3.63) is 59.1 Å². The third kappa shape index (κ3) is 3.70. The molecular formula is C19H20Cl2N4O. The highest BCUT2D eigenvalue weighted by molar-refractivity contribution is 6.30. The Morgan fingerprint density at radius 2 is 1.81 bits per heavy atom. The maximum Gasteiger partial charge on any atom is 0.257 e. The van der Waals surface area contributed by atoms with E-state index in [1.54, 1.807) is 24.3 Å². The Labute approximate surface area is 163 Å².